The van der Waals surface area contributed by atoms with Crippen LogP contribution in [0.5, 0.6) is 0 Å². The topological polar surface area (TPSA) is 29.1 Å². The minimum Gasteiger partial charge on any atom is -0.238 e. The molecule has 0 radical (unpaired) electrons. The first-order chi connectivity index (χ1) is 2.89. The maximum atomic E-state index is 10.2. The standard InChI is InChI=1S/C3H5NOS/c5-6-3-1-2-4-6/h1,3-4H,2H2. The van der Waals surface area contributed by atoms with E-state index < -0.39 is 11.0 Å². The Hall–Kier alpha value is -0.150. The first kappa shape index (κ1) is 4.02. The molecular weight excluding hydrogens is 98.1 g/mol. The molecule has 0 bridgehead atoms. The van der Waals surface area contributed by atoms with Crippen molar-refractivity contribution in [1.29, 1.82) is 0 Å². The molecule has 2 nitrogen and oxygen atoms in total. The van der Waals surface area contributed by atoms with Crippen LogP contribution in [-0.2, 0) is 11.0 Å². The third kappa shape index (κ3) is 0.666. The second kappa shape index (κ2) is 1.53. The lowest BCUT2D eigenvalue weighted by Crippen LogP contribution is -2.06. The SMILES string of the molecule is O=S1C=CCN1. The Morgan fingerprint density at radius 3 is 2.83 bits per heavy atom. The molecule has 1 aliphatic heterocycles. The van der Waals surface area contributed by atoms with Gasteiger partial charge in [0.25, 0.3) is 0 Å². The third-order valence-electron chi connectivity index (χ3n) is 0.563. The lowest BCUT2D eigenvalue weighted by Gasteiger charge is -1.79. The first-order valence-electron chi connectivity index (χ1n) is 1.70. The number of rotatable bonds is 0. The van der Waals surface area contributed by atoms with Crippen molar-refractivity contribution in [2.24, 2.45) is 0 Å². The Kier molecular flexibility index (Phi) is 1.03. The minimum absolute atomic E-state index is 0.757. The Labute approximate surface area is 38.8 Å². The lowest BCUT2D eigenvalue weighted by molar-refractivity contribution is 0.683. The highest BCUT2D eigenvalue weighted by Gasteiger charge is 1.94. The fourth-order valence-electron chi connectivity index (χ4n) is 0.314. The molecular formula is C3H5NOS. The van der Waals surface area contributed by atoms with Crippen LogP contribution in [0.2, 0.25) is 0 Å². The Morgan fingerprint density at radius 2 is 2.67 bits per heavy atom. The van der Waals surface area contributed by atoms with Crippen molar-refractivity contribution in [3.05, 3.63) is 11.5 Å². The molecule has 0 aromatic heterocycles. The molecule has 1 atom stereocenters. The van der Waals surface area contributed by atoms with Crippen LogP contribution < -0.4 is 4.72 Å². The first-order valence-corrected chi connectivity index (χ1v) is 2.91. The molecule has 0 amide bonds. The van der Waals surface area contributed by atoms with Crippen molar-refractivity contribution in [3.8, 4) is 0 Å². The van der Waals surface area contributed by atoms with E-state index in [0.717, 1.165) is 6.54 Å². The van der Waals surface area contributed by atoms with Crippen LogP contribution in [0.15, 0.2) is 11.5 Å². The van der Waals surface area contributed by atoms with Gasteiger partial charge in [0.15, 0.2) is 0 Å². The predicted octanol–water partition coefficient (Wildman–Crippen LogP) is -0.233. The molecule has 0 saturated heterocycles. The Balaban J connectivity index is 2.59. The van der Waals surface area contributed by atoms with Gasteiger partial charge in [-0.2, -0.15) is 0 Å². The summed E-state index contributed by atoms with van der Waals surface area (Å²) in [5.41, 5.74) is 0. The second-order valence-electron chi connectivity index (χ2n) is 1.02. The van der Waals surface area contributed by atoms with Gasteiger partial charge in [-0.15, -0.1) is 0 Å². The van der Waals surface area contributed by atoms with E-state index in [4.69, 9.17) is 0 Å². The molecule has 0 saturated carbocycles. The monoisotopic (exact) mass is 103 g/mol. The molecule has 1 heterocycles. The van der Waals surface area contributed by atoms with Gasteiger partial charge < -0.3 is 0 Å². The van der Waals surface area contributed by atoms with Gasteiger partial charge in [-0.05, 0) is 0 Å². The van der Waals surface area contributed by atoms with Crippen LogP contribution >= 0.6 is 0 Å². The highest BCUT2D eigenvalue weighted by molar-refractivity contribution is 7.86. The van der Waals surface area contributed by atoms with E-state index in [1.807, 2.05) is 6.08 Å². The van der Waals surface area contributed by atoms with Crippen molar-refractivity contribution in [1.82, 2.24) is 4.72 Å². The van der Waals surface area contributed by atoms with Crippen LogP contribution in [0, 0.1) is 0 Å². The molecule has 1 unspecified atom stereocenters. The molecule has 0 aromatic rings. The summed E-state index contributed by atoms with van der Waals surface area (Å²) in [4.78, 5) is 0. The second-order valence-corrected chi connectivity index (χ2v) is 2.17. The van der Waals surface area contributed by atoms with E-state index in [1.54, 1.807) is 5.41 Å². The molecule has 1 aliphatic rings. The van der Waals surface area contributed by atoms with Gasteiger partial charge in [-0.25, -0.2) is 8.93 Å². The molecule has 1 rings (SSSR count). The smallest absolute Gasteiger partial charge is 0.117 e. The van der Waals surface area contributed by atoms with E-state index in [-0.39, 0.29) is 0 Å². The van der Waals surface area contributed by atoms with Crippen molar-refractivity contribution in [2.45, 2.75) is 0 Å². The maximum absolute atomic E-state index is 10.2. The number of hydrogen-bond donors (Lipinski definition) is 1. The average Bonchev–Trinajstić information content (AvgIpc) is 1.86. The van der Waals surface area contributed by atoms with Crippen LogP contribution in [-0.4, -0.2) is 10.8 Å². The summed E-state index contributed by atoms with van der Waals surface area (Å²) in [6.45, 7) is 0.757. The third-order valence-corrected chi connectivity index (χ3v) is 1.45. The zero-order valence-corrected chi connectivity index (χ0v) is 3.99. The van der Waals surface area contributed by atoms with E-state index in [1.165, 1.54) is 0 Å². The van der Waals surface area contributed by atoms with E-state index in [0.29, 0.717) is 0 Å². The van der Waals surface area contributed by atoms with E-state index in [9.17, 15) is 4.21 Å². The van der Waals surface area contributed by atoms with Gasteiger partial charge >= 0.3 is 0 Å². The molecule has 0 aromatic carbocycles. The van der Waals surface area contributed by atoms with Gasteiger partial charge in [0.2, 0.25) is 0 Å². The highest BCUT2D eigenvalue weighted by atomic mass is 32.2. The molecule has 0 spiro atoms. The molecule has 34 valence electrons. The van der Waals surface area contributed by atoms with Crippen LogP contribution in [0.25, 0.3) is 0 Å². The Bertz CT molecular complexity index is 99.0. The molecule has 0 aliphatic carbocycles. The van der Waals surface area contributed by atoms with Crippen LogP contribution in [0.4, 0.5) is 0 Å². The zero-order chi connectivity index (χ0) is 4.41. The van der Waals surface area contributed by atoms with Crippen molar-refractivity contribution in [2.75, 3.05) is 6.54 Å². The lowest BCUT2D eigenvalue weighted by atomic mass is 10.7. The molecule has 0 fully saturated rings. The van der Waals surface area contributed by atoms with Crippen LogP contribution in [0.1, 0.15) is 0 Å². The highest BCUT2D eigenvalue weighted by Crippen LogP contribution is 1.85. The van der Waals surface area contributed by atoms with E-state index in [2.05, 4.69) is 4.72 Å². The summed E-state index contributed by atoms with van der Waals surface area (Å²) in [6, 6.07) is 0. The summed E-state index contributed by atoms with van der Waals surface area (Å²) < 4.78 is 12.8. The zero-order valence-electron chi connectivity index (χ0n) is 3.18. The molecule has 3 heteroatoms. The predicted molar refractivity (Wildman–Crippen MR) is 25.3 cm³/mol. The fourth-order valence-corrected chi connectivity index (χ4v) is 0.942. The number of hydrogen-bond acceptors (Lipinski definition) is 1. The van der Waals surface area contributed by atoms with Crippen LogP contribution in [0.3, 0.4) is 0 Å². The average molecular weight is 103 g/mol. The molecule has 1 N–H and O–H groups in total. The van der Waals surface area contributed by atoms with Gasteiger partial charge in [-0.3, -0.25) is 0 Å². The quantitative estimate of drug-likeness (QED) is 0.450. The summed E-state index contributed by atoms with van der Waals surface area (Å²) in [5.74, 6) is 0. The minimum atomic E-state index is -0.853. The summed E-state index contributed by atoms with van der Waals surface area (Å²) >= 11 is 0. The van der Waals surface area contributed by atoms with Gasteiger partial charge in [0.05, 0.1) is 0 Å². The Morgan fingerprint density at radius 1 is 1.83 bits per heavy atom. The molecule has 6 heavy (non-hydrogen) atoms. The van der Waals surface area contributed by atoms with Gasteiger partial charge in [0, 0.05) is 12.0 Å². The fraction of sp³-hybridized carbons (Fsp3) is 0.333. The van der Waals surface area contributed by atoms with E-state index >= 15 is 0 Å². The largest absolute Gasteiger partial charge is 0.238 e. The summed E-state index contributed by atoms with van der Waals surface area (Å²) in [6.07, 6.45) is 1.84. The van der Waals surface area contributed by atoms with Crippen molar-refractivity contribution >= 4 is 11.0 Å². The summed E-state index contributed by atoms with van der Waals surface area (Å²) in [5, 5.41) is 1.64. The van der Waals surface area contributed by atoms with Gasteiger partial charge in [0.1, 0.15) is 11.0 Å². The van der Waals surface area contributed by atoms with Gasteiger partial charge in [-0.1, -0.05) is 6.08 Å². The maximum Gasteiger partial charge on any atom is 0.117 e. The van der Waals surface area contributed by atoms with Crippen molar-refractivity contribution < 1.29 is 4.21 Å². The van der Waals surface area contributed by atoms with Crippen molar-refractivity contribution in [3.63, 3.8) is 0 Å². The normalized spacial score (nSPS) is 31.7. The summed E-state index contributed by atoms with van der Waals surface area (Å²) in [7, 11) is -0.853. The number of nitrogens with one attached hydrogen (secondary N) is 1.